The van der Waals surface area contributed by atoms with E-state index in [0.29, 0.717) is 0 Å². The second kappa shape index (κ2) is 5.15. The Kier molecular flexibility index (Phi) is 3.15. The highest BCUT2D eigenvalue weighted by Gasteiger charge is 2.16. The average Bonchev–Trinajstić information content (AvgIpc) is 2.55. The molecule has 0 bridgehead atoms. The van der Waals surface area contributed by atoms with E-state index in [2.05, 4.69) is 17.0 Å². The number of rotatable bonds is 1. The number of hydrogen-bond acceptors (Lipinski definition) is 3. The molecule has 1 aromatic heterocycles. The highest BCUT2D eigenvalue weighted by atomic mass is 32.1. The van der Waals surface area contributed by atoms with Gasteiger partial charge in [0.2, 0.25) is 0 Å². The molecule has 0 spiro atoms. The van der Waals surface area contributed by atoms with Crippen molar-refractivity contribution in [1.82, 2.24) is 0 Å². The molecule has 0 atom stereocenters. The highest BCUT2D eigenvalue weighted by molar-refractivity contribution is 7.72. The molecule has 0 aliphatic carbocycles. The average molecular weight is 295 g/mol. The van der Waals surface area contributed by atoms with Gasteiger partial charge in [-0.25, -0.2) is 0 Å². The van der Waals surface area contributed by atoms with Gasteiger partial charge in [0.15, 0.2) is 0 Å². The standard InChI is InChI=1S/C18H17NOS/c21-18-13-7-2-3-9-15(13)20-16-10-6-8-14(17(16)18)19-11-4-1-5-12-19/h2-3,6-10H,1,4-5,11-12H2. The summed E-state index contributed by atoms with van der Waals surface area (Å²) in [6.45, 7) is 2.22. The maximum absolute atomic E-state index is 6.07. The van der Waals surface area contributed by atoms with Crippen LogP contribution in [-0.4, -0.2) is 13.1 Å². The van der Waals surface area contributed by atoms with Crippen LogP contribution in [0.2, 0.25) is 0 Å². The molecule has 106 valence electrons. The molecule has 0 radical (unpaired) electrons. The minimum absolute atomic E-state index is 0.866. The molecule has 2 nitrogen and oxygen atoms in total. The van der Waals surface area contributed by atoms with Crippen LogP contribution in [0.25, 0.3) is 21.9 Å². The van der Waals surface area contributed by atoms with Crippen molar-refractivity contribution < 1.29 is 4.42 Å². The molecule has 4 rings (SSSR count). The Bertz CT molecular complexity index is 862. The molecule has 1 fully saturated rings. The first-order valence-electron chi connectivity index (χ1n) is 7.54. The van der Waals surface area contributed by atoms with Gasteiger partial charge in [-0.2, -0.15) is 0 Å². The van der Waals surface area contributed by atoms with Crippen molar-refractivity contribution in [3.8, 4) is 0 Å². The zero-order chi connectivity index (χ0) is 14.2. The van der Waals surface area contributed by atoms with Crippen molar-refractivity contribution in [3.63, 3.8) is 0 Å². The van der Waals surface area contributed by atoms with Crippen LogP contribution in [-0.2, 0) is 0 Å². The lowest BCUT2D eigenvalue weighted by Gasteiger charge is -2.29. The Hall–Kier alpha value is -1.87. The number of nitrogens with zero attached hydrogens (tertiary/aromatic N) is 1. The minimum atomic E-state index is 0.866. The highest BCUT2D eigenvalue weighted by Crippen LogP contribution is 2.33. The number of piperidine rings is 1. The van der Waals surface area contributed by atoms with Gasteiger partial charge in [-0.3, -0.25) is 0 Å². The summed E-state index contributed by atoms with van der Waals surface area (Å²) in [5.74, 6) is 0. The topological polar surface area (TPSA) is 16.4 Å². The van der Waals surface area contributed by atoms with Gasteiger partial charge in [0.25, 0.3) is 0 Å². The summed E-state index contributed by atoms with van der Waals surface area (Å²) in [6.07, 6.45) is 3.84. The molecular weight excluding hydrogens is 278 g/mol. The third-order valence-electron chi connectivity index (χ3n) is 4.28. The van der Waals surface area contributed by atoms with Crippen LogP contribution in [0.15, 0.2) is 46.9 Å². The number of fused-ring (bicyclic) bond motifs is 2. The molecule has 2 aromatic carbocycles. The van der Waals surface area contributed by atoms with Crippen LogP contribution in [0, 0.1) is 4.51 Å². The summed E-state index contributed by atoms with van der Waals surface area (Å²) in [6, 6.07) is 14.3. The Morgan fingerprint density at radius 2 is 1.62 bits per heavy atom. The molecule has 1 aliphatic heterocycles. The van der Waals surface area contributed by atoms with Gasteiger partial charge in [0, 0.05) is 24.2 Å². The van der Waals surface area contributed by atoms with Crippen molar-refractivity contribution in [3.05, 3.63) is 47.0 Å². The molecule has 1 aliphatic rings. The van der Waals surface area contributed by atoms with E-state index in [-0.39, 0.29) is 0 Å². The first-order chi connectivity index (χ1) is 10.3. The van der Waals surface area contributed by atoms with E-state index >= 15 is 0 Å². The summed E-state index contributed by atoms with van der Waals surface area (Å²) in [4.78, 5) is 2.45. The van der Waals surface area contributed by atoms with Crippen LogP contribution < -0.4 is 4.90 Å². The van der Waals surface area contributed by atoms with Crippen LogP contribution in [0.3, 0.4) is 0 Å². The van der Waals surface area contributed by atoms with Crippen molar-refractivity contribution in [1.29, 1.82) is 0 Å². The van der Waals surface area contributed by atoms with E-state index in [9.17, 15) is 0 Å². The largest absolute Gasteiger partial charge is 0.456 e. The van der Waals surface area contributed by atoms with Crippen molar-refractivity contribution >= 4 is 39.8 Å². The minimum Gasteiger partial charge on any atom is -0.456 e. The lowest BCUT2D eigenvalue weighted by molar-refractivity contribution is 0.578. The lowest BCUT2D eigenvalue weighted by atomic mass is 10.1. The van der Waals surface area contributed by atoms with Gasteiger partial charge in [-0.05, 0) is 43.5 Å². The second-order valence-electron chi connectivity index (χ2n) is 5.63. The molecule has 1 saturated heterocycles. The zero-order valence-corrected chi connectivity index (χ0v) is 12.7. The van der Waals surface area contributed by atoms with E-state index in [1.165, 1.54) is 24.9 Å². The molecule has 3 aromatic rings. The van der Waals surface area contributed by atoms with Gasteiger partial charge >= 0.3 is 0 Å². The Labute approximate surface area is 129 Å². The first kappa shape index (κ1) is 12.8. The van der Waals surface area contributed by atoms with Gasteiger partial charge in [0.05, 0.1) is 9.90 Å². The van der Waals surface area contributed by atoms with E-state index in [4.69, 9.17) is 16.6 Å². The maximum Gasteiger partial charge on any atom is 0.138 e. The quantitative estimate of drug-likeness (QED) is 0.447. The van der Waals surface area contributed by atoms with Gasteiger partial charge in [-0.15, -0.1) is 0 Å². The van der Waals surface area contributed by atoms with Crippen molar-refractivity contribution in [2.24, 2.45) is 0 Å². The Balaban J connectivity index is 2.03. The molecule has 3 heteroatoms. The van der Waals surface area contributed by atoms with Gasteiger partial charge in [-0.1, -0.05) is 30.4 Å². The fourth-order valence-electron chi connectivity index (χ4n) is 3.23. The fourth-order valence-corrected chi connectivity index (χ4v) is 3.60. The summed E-state index contributed by atoms with van der Waals surface area (Å²) in [7, 11) is 0. The van der Waals surface area contributed by atoms with Crippen LogP contribution in [0.4, 0.5) is 5.69 Å². The number of anilines is 1. The SMILES string of the molecule is S=c1c2ccccc2oc2cccc(N3CCCCC3)c12. The number of hydrogen-bond donors (Lipinski definition) is 0. The molecule has 0 amide bonds. The molecule has 0 unspecified atom stereocenters. The summed E-state index contributed by atoms with van der Waals surface area (Å²) >= 11 is 5.77. The Morgan fingerprint density at radius 3 is 2.48 bits per heavy atom. The number of para-hydroxylation sites is 1. The van der Waals surface area contributed by atoms with Crippen molar-refractivity contribution in [2.45, 2.75) is 19.3 Å². The third-order valence-corrected chi connectivity index (χ3v) is 4.70. The van der Waals surface area contributed by atoms with Gasteiger partial charge < -0.3 is 9.32 Å². The van der Waals surface area contributed by atoms with E-state index in [1.54, 1.807) is 0 Å². The van der Waals surface area contributed by atoms with Gasteiger partial charge in [0.1, 0.15) is 11.2 Å². The summed E-state index contributed by atoms with van der Waals surface area (Å²) in [5.41, 5.74) is 2.99. The Morgan fingerprint density at radius 1 is 0.857 bits per heavy atom. The second-order valence-corrected chi connectivity index (χ2v) is 6.03. The monoisotopic (exact) mass is 295 g/mol. The maximum atomic E-state index is 6.07. The predicted molar refractivity (Wildman–Crippen MR) is 90.6 cm³/mol. The van der Waals surface area contributed by atoms with Crippen LogP contribution in [0.5, 0.6) is 0 Å². The third kappa shape index (κ3) is 2.12. The van der Waals surface area contributed by atoms with Crippen molar-refractivity contribution in [2.75, 3.05) is 18.0 Å². The van der Waals surface area contributed by atoms with E-state index in [0.717, 1.165) is 39.5 Å². The summed E-state index contributed by atoms with van der Waals surface area (Å²) in [5, 5.41) is 2.12. The zero-order valence-electron chi connectivity index (χ0n) is 11.8. The number of benzene rings is 2. The molecular formula is C18H17NOS. The van der Waals surface area contributed by atoms with E-state index in [1.807, 2.05) is 30.3 Å². The van der Waals surface area contributed by atoms with E-state index < -0.39 is 0 Å². The fraction of sp³-hybridized carbons (Fsp3) is 0.278. The molecule has 0 saturated carbocycles. The first-order valence-corrected chi connectivity index (χ1v) is 7.95. The smallest absolute Gasteiger partial charge is 0.138 e. The molecule has 0 N–H and O–H groups in total. The lowest BCUT2D eigenvalue weighted by Crippen LogP contribution is -2.29. The van der Waals surface area contributed by atoms with Crippen LogP contribution in [0.1, 0.15) is 19.3 Å². The predicted octanol–water partition coefficient (Wildman–Crippen LogP) is 5.31. The summed E-state index contributed by atoms with van der Waals surface area (Å²) < 4.78 is 6.98. The van der Waals surface area contributed by atoms with Crippen LogP contribution >= 0.6 is 12.2 Å². The normalized spacial score (nSPS) is 15.7. The molecule has 2 heterocycles. The molecule has 21 heavy (non-hydrogen) atoms.